The van der Waals surface area contributed by atoms with E-state index in [2.05, 4.69) is 94.0 Å². The second kappa shape index (κ2) is 8.44. The smallest absolute Gasteiger partial charge is 0.224 e. The highest BCUT2D eigenvalue weighted by atomic mass is 16.3. The lowest BCUT2D eigenvalue weighted by atomic mass is 9.93. The van der Waals surface area contributed by atoms with E-state index < -0.39 is 0 Å². The molecule has 0 spiro atoms. The van der Waals surface area contributed by atoms with Crippen molar-refractivity contribution in [2.45, 2.75) is 34.1 Å². The van der Waals surface area contributed by atoms with Crippen molar-refractivity contribution < 1.29 is 13.4 Å². The quantitative estimate of drug-likeness (QED) is 0.224. The fraction of sp³-hybridized carbons (Fsp3) is 0.200. The van der Waals surface area contributed by atoms with Crippen molar-refractivity contribution in [2.75, 3.05) is 0 Å². The third-order valence-corrected chi connectivity index (χ3v) is 8.14. The van der Waals surface area contributed by atoms with E-state index in [9.17, 15) is 5.26 Å². The summed E-state index contributed by atoms with van der Waals surface area (Å²) >= 11 is 0. The monoisotopic (exact) mass is 509 g/mol. The van der Waals surface area contributed by atoms with Crippen molar-refractivity contribution in [3.05, 3.63) is 89.1 Å². The standard InChI is InChI=1S/C35H29N2O2/c1-19(2)15-23-7-6-8-29-32(23)27-12-11-25-26(34(27)38-29)13-14-37(5)33(25)31-21(4)20(3)16-28-24-10-9-22(18-36)17-30(24)39-35(28)31/h6-14,16-17,19H,15H2,1-5H3/q+1. The van der Waals surface area contributed by atoms with Crippen LogP contribution >= 0.6 is 0 Å². The van der Waals surface area contributed by atoms with Gasteiger partial charge in [0.1, 0.15) is 29.4 Å². The Morgan fingerprint density at radius 1 is 0.821 bits per heavy atom. The normalized spacial score (nSPS) is 12.0. The van der Waals surface area contributed by atoms with Crippen LogP contribution in [-0.4, -0.2) is 0 Å². The van der Waals surface area contributed by atoms with Crippen molar-refractivity contribution in [1.29, 1.82) is 5.26 Å². The van der Waals surface area contributed by atoms with Gasteiger partial charge in [0, 0.05) is 33.0 Å². The minimum Gasteiger partial charge on any atom is -0.455 e. The Hall–Kier alpha value is -4.62. The maximum Gasteiger partial charge on any atom is 0.224 e. The molecule has 0 aliphatic rings. The number of hydrogen-bond donors (Lipinski definition) is 0. The maximum atomic E-state index is 9.44. The zero-order valence-electron chi connectivity index (χ0n) is 22.8. The molecule has 0 aliphatic carbocycles. The molecule has 3 aromatic heterocycles. The van der Waals surface area contributed by atoms with Crippen LogP contribution in [0.1, 0.15) is 36.1 Å². The van der Waals surface area contributed by atoms with Crippen LogP contribution in [0.2, 0.25) is 0 Å². The number of fused-ring (bicyclic) bond motifs is 8. The van der Waals surface area contributed by atoms with Gasteiger partial charge in [0.15, 0.2) is 6.20 Å². The molecule has 0 radical (unpaired) electrons. The average molecular weight is 510 g/mol. The second-order valence-corrected chi connectivity index (χ2v) is 11.2. The molecule has 0 atom stereocenters. The summed E-state index contributed by atoms with van der Waals surface area (Å²) < 4.78 is 15.3. The minimum atomic E-state index is 0.561. The van der Waals surface area contributed by atoms with Gasteiger partial charge in [0.2, 0.25) is 5.69 Å². The molecule has 39 heavy (non-hydrogen) atoms. The van der Waals surface area contributed by atoms with Gasteiger partial charge in [-0.2, -0.15) is 5.26 Å². The van der Waals surface area contributed by atoms with Crippen LogP contribution in [0.15, 0.2) is 75.7 Å². The van der Waals surface area contributed by atoms with Crippen molar-refractivity contribution in [2.24, 2.45) is 13.0 Å². The molecule has 0 N–H and O–H groups in total. The maximum absolute atomic E-state index is 9.44. The first kappa shape index (κ1) is 23.5. The largest absolute Gasteiger partial charge is 0.455 e. The van der Waals surface area contributed by atoms with E-state index >= 15 is 0 Å². The van der Waals surface area contributed by atoms with Crippen LogP contribution < -0.4 is 4.57 Å². The molecule has 0 fully saturated rings. The summed E-state index contributed by atoms with van der Waals surface area (Å²) in [7, 11) is 2.09. The van der Waals surface area contributed by atoms with Gasteiger partial charge in [-0.15, -0.1) is 0 Å². The molecule has 7 rings (SSSR count). The van der Waals surface area contributed by atoms with E-state index in [1.165, 1.54) is 22.1 Å². The SMILES string of the molecule is Cc1cc2c(oc3cc(C#N)ccc32)c(-c2c3ccc4c(oc5cccc(CC(C)C)c54)c3cc[n+]2C)c1C. The Balaban J connectivity index is 1.59. The molecule has 0 saturated heterocycles. The highest BCUT2D eigenvalue weighted by Gasteiger charge is 2.26. The first-order valence-electron chi connectivity index (χ1n) is 13.5. The number of nitrogens with zero attached hydrogens (tertiary/aromatic N) is 2. The number of hydrogen-bond acceptors (Lipinski definition) is 3. The van der Waals surface area contributed by atoms with Crippen LogP contribution in [0, 0.1) is 31.1 Å². The number of pyridine rings is 1. The molecular formula is C35H29N2O2+. The number of benzene rings is 4. The van der Waals surface area contributed by atoms with Gasteiger partial charge in [-0.05, 0) is 85.3 Å². The number of rotatable bonds is 3. The predicted octanol–water partition coefficient (Wildman–Crippen LogP) is 8.82. The molecule has 4 heteroatoms. The molecular weight excluding hydrogens is 480 g/mol. The van der Waals surface area contributed by atoms with Crippen LogP contribution in [0.3, 0.4) is 0 Å². The molecule has 0 saturated carbocycles. The molecule has 4 nitrogen and oxygen atoms in total. The van der Waals surface area contributed by atoms with Gasteiger partial charge < -0.3 is 8.83 Å². The number of aryl methyl sites for hydroxylation is 2. The average Bonchev–Trinajstić information content (AvgIpc) is 3.48. The highest BCUT2D eigenvalue weighted by molar-refractivity contribution is 6.19. The topological polar surface area (TPSA) is 54.0 Å². The van der Waals surface area contributed by atoms with Crippen molar-refractivity contribution >= 4 is 54.6 Å². The Kier molecular flexibility index (Phi) is 5.09. The summed E-state index contributed by atoms with van der Waals surface area (Å²) in [5, 5.41) is 16.1. The van der Waals surface area contributed by atoms with E-state index in [1.807, 2.05) is 18.2 Å². The van der Waals surface area contributed by atoms with Gasteiger partial charge in [-0.1, -0.05) is 26.0 Å². The molecule has 0 unspecified atom stereocenters. The second-order valence-electron chi connectivity index (χ2n) is 11.2. The van der Waals surface area contributed by atoms with Gasteiger partial charge in [0.25, 0.3) is 0 Å². The lowest BCUT2D eigenvalue weighted by Gasteiger charge is -2.11. The summed E-state index contributed by atoms with van der Waals surface area (Å²) in [4.78, 5) is 0. The van der Waals surface area contributed by atoms with Crippen LogP contribution in [0.25, 0.3) is 65.9 Å². The first-order chi connectivity index (χ1) is 18.9. The zero-order valence-corrected chi connectivity index (χ0v) is 22.8. The Labute approximate surface area is 226 Å². The van der Waals surface area contributed by atoms with Crippen LogP contribution in [0.4, 0.5) is 0 Å². The number of furan rings is 2. The summed E-state index contributed by atoms with van der Waals surface area (Å²) in [6.07, 6.45) is 3.13. The fourth-order valence-electron chi connectivity index (χ4n) is 6.22. The number of nitriles is 1. The Morgan fingerprint density at radius 3 is 2.38 bits per heavy atom. The molecule has 7 aromatic rings. The predicted molar refractivity (Wildman–Crippen MR) is 158 cm³/mol. The summed E-state index contributed by atoms with van der Waals surface area (Å²) in [6.45, 7) is 8.83. The third-order valence-electron chi connectivity index (χ3n) is 8.14. The zero-order chi connectivity index (χ0) is 27.0. The van der Waals surface area contributed by atoms with Crippen molar-refractivity contribution in [3.8, 4) is 17.3 Å². The van der Waals surface area contributed by atoms with Crippen molar-refractivity contribution in [1.82, 2.24) is 0 Å². The first-order valence-corrected chi connectivity index (χ1v) is 13.5. The minimum absolute atomic E-state index is 0.561. The third kappa shape index (κ3) is 3.40. The van der Waals surface area contributed by atoms with Crippen LogP contribution in [-0.2, 0) is 13.5 Å². The summed E-state index contributed by atoms with van der Waals surface area (Å²) in [5.41, 5.74) is 9.89. The van der Waals surface area contributed by atoms with Gasteiger partial charge in [-0.3, -0.25) is 0 Å². The highest BCUT2D eigenvalue weighted by Crippen LogP contribution is 2.43. The summed E-state index contributed by atoms with van der Waals surface area (Å²) in [5.74, 6) is 0.561. The van der Waals surface area contributed by atoms with Gasteiger partial charge >= 0.3 is 0 Å². The van der Waals surface area contributed by atoms with E-state index in [0.717, 1.165) is 66.9 Å². The lowest BCUT2D eigenvalue weighted by molar-refractivity contribution is -0.659. The molecule has 0 amide bonds. The molecule has 190 valence electrons. The van der Waals surface area contributed by atoms with Crippen molar-refractivity contribution in [3.63, 3.8) is 0 Å². The molecule has 3 heterocycles. The Morgan fingerprint density at radius 2 is 1.59 bits per heavy atom. The lowest BCUT2D eigenvalue weighted by Crippen LogP contribution is -2.30. The van der Waals surface area contributed by atoms with Gasteiger partial charge in [-0.25, -0.2) is 4.57 Å². The van der Waals surface area contributed by atoms with E-state index in [-0.39, 0.29) is 0 Å². The van der Waals surface area contributed by atoms with Gasteiger partial charge in [0.05, 0.1) is 22.6 Å². The van der Waals surface area contributed by atoms with Crippen LogP contribution in [0.5, 0.6) is 0 Å². The fourth-order valence-corrected chi connectivity index (χ4v) is 6.22. The Bertz CT molecular complexity index is 2170. The molecule has 4 aromatic carbocycles. The van der Waals surface area contributed by atoms with E-state index in [4.69, 9.17) is 8.83 Å². The van der Waals surface area contributed by atoms with E-state index in [0.29, 0.717) is 11.5 Å². The number of aromatic nitrogens is 1. The molecule has 0 bridgehead atoms. The molecule has 0 aliphatic heterocycles. The summed E-state index contributed by atoms with van der Waals surface area (Å²) in [6, 6.07) is 23.1. The van der Waals surface area contributed by atoms with E-state index in [1.54, 1.807) is 0 Å².